The van der Waals surface area contributed by atoms with E-state index in [0.717, 1.165) is 10.9 Å². The van der Waals surface area contributed by atoms with E-state index in [2.05, 4.69) is 4.98 Å². The Morgan fingerprint density at radius 2 is 1.80 bits per heavy atom. The molecular weight excluding hydrogens is 341 g/mol. The molecule has 0 atom stereocenters. The number of hydrogen-bond acceptors (Lipinski definition) is 4. The minimum Gasteiger partial charge on any atom is -0.507 e. The molecule has 25 heavy (non-hydrogen) atoms. The van der Waals surface area contributed by atoms with Crippen LogP contribution in [0.1, 0.15) is 25.3 Å². The van der Waals surface area contributed by atoms with Gasteiger partial charge < -0.3 is 9.63 Å². The molecule has 0 bridgehead atoms. The van der Waals surface area contributed by atoms with Gasteiger partial charge in [0.25, 0.3) is 0 Å². The van der Waals surface area contributed by atoms with Crippen LogP contribution in [0.25, 0.3) is 22.0 Å². The van der Waals surface area contributed by atoms with Gasteiger partial charge in [0, 0.05) is 22.7 Å². The number of rotatable bonds is 4. The third-order valence-electron chi connectivity index (χ3n) is 3.84. The number of nitrogens with zero attached hydrogens (tertiary/aromatic N) is 1. The van der Waals surface area contributed by atoms with Crippen molar-refractivity contribution in [3.63, 3.8) is 0 Å². The van der Waals surface area contributed by atoms with Crippen molar-refractivity contribution in [2.45, 2.75) is 19.8 Å². The number of para-hydroxylation sites is 1. The van der Waals surface area contributed by atoms with Crippen LogP contribution in [0.3, 0.4) is 0 Å². The predicted molar refractivity (Wildman–Crippen MR) is 95.6 cm³/mol. The van der Waals surface area contributed by atoms with E-state index in [1.54, 1.807) is 26.1 Å². The summed E-state index contributed by atoms with van der Waals surface area (Å²) in [6.07, 6.45) is 1.65. The molecule has 0 unspecified atom stereocenters. The molecule has 0 fully saturated rings. The van der Waals surface area contributed by atoms with Gasteiger partial charge in [-0.1, -0.05) is 32.0 Å². The molecule has 1 aromatic heterocycles. The molecule has 0 aliphatic carbocycles. The van der Waals surface area contributed by atoms with Gasteiger partial charge in [0.05, 0.1) is 5.52 Å². The van der Waals surface area contributed by atoms with Crippen molar-refractivity contribution in [2.24, 2.45) is 0 Å². The zero-order valence-electron chi connectivity index (χ0n) is 13.7. The lowest BCUT2D eigenvalue weighted by Crippen LogP contribution is -1.98. The van der Waals surface area contributed by atoms with Gasteiger partial charge in [0.15, 0.2) is 0 Å². The van der Waals surface area contributed by atoms with E-state index in [1.807, 2.05) is 30.3 Å². The summed E-state index contributed by atoms with van der Waals surface area (Å²) >= 11 is 0. The zero-order chi connectivity index (χ0) is 18.2. The molecule has 0 saturated heterocycles. The molecule has 0 saturated carbocycles. The Balaban J connectivity index is 2.16. The van der Waals surface area contributed by atoms with E-state index in [4.69, 9.17) is 14.3 Å². The second-order valence-electron chi connectivity index (χ2n) is 6.06. The van der Waals surface area contributed by atoms with Crippen LogP contribution in [0.5, 0.6) is 11.5 Å². The van der Waals surface area contributed by atoms with E-state index < -0.39 is 7.82 Å². The lowest BCUT2D eigenvalue weighted by Gasteiger charge is -2.17. The summed E-state index contributed by atoms with van der Waals surface area (Å²) in [6.45, 7) is 3.61. The van der Waals surface area contributed by atoms with Gasteiger partial charge in [0.1, 0.15) is 11.5 Å². The van der Waals surface area contributed by atoms with Crippen LogP contribution in [0.4, 0.5) is 0 Å². The number of pyridine rings is 1. The predicted octanol–water partition coefficient (Wildman–Crippen LogP) is 4.20. The summed E-state index contributed by atoms with van der Waals surface area (Å²) in [5.74, 6) is -0.291. The smallest absolute Gasteiger partial charge is 0.507 e. The van der Waals surface area contributed by atoms with Crippen LogP contribution in [-0.2, 0) is 4.57 Å². The first-order chi connectivity index (χ1) is 11.7. The van der Waals surface area contributed by atoms with Crippen LogP contribution >= 0.6 is 7.82 Å². The highest BCUT2D eigenvalue weighted by Gasteiger charge is 2.23. The van der Waals surface area contributed by atoms with Gasteiger partial charge in [-0.25, -0.2) is 4.57 Å². The van der Waals surface area contributed by atoms with Crippen LogP contribution in [0.15, 0.2) is 48.7 Å². The molecule has 3 rings (SSSR count). The Morgan fingerprint density at radius 3 is 2.48 bits per heavy atom. The summed E-state index contributed by atoms with van der Waals surface area (Å²) in [6, 6.07) is 12.6. The Morgan fingerprint density at radius 1 is 1.08 bits per heavy atom. The highest BCUT2D eigenvalue weighted by molar-refractivity contribution is 7.46. The SMILES string of the molecule is CC(C)c1c(O)cc(-c2cnc3ccccc3c2)cc1OP(=O)(O)O. The number of phosphoric ester groups is 1. The minimum atomic E-state index is -4.75. The van der Waals surface area contributed by atoms with Gasteiger partial charge in [-0.05, 0) is 35.7 Å². The maximum Gasteiger partial charge on any atom is 0.524 e. The van der Waals surface area contributed by atoms with Gasteiger partial charge in [-0.3, -0.25) is 14.8 Å². The van der Waals surface area contributed by atoms with Crippen molar-refractivity contribution in [2.75, 3.05) is 0 Å². The lowest BCUT2D eigenvalue weighted by atomic mass is 9.96. The Hall–Kier alpha value is -2.40. The van der Waals surface area contributed by atoms with Crippen LogP contribution < -0.4 is 4.52 Å². The van der Waals surface area contributed by atoms with E-state index in [1.165, 1.54) is 6.07 Å². The van der Waals surface area contributed by atoms with Crippen molar-refractivity contribution in [1.82, 2.24) is 4.98 Å². The van der Waals surface area contributed by atoms with Crippen molar-refractivity contribution in [3.05, 3.63) is 54.2 Å². The van der Waals surface area contributed by atoms with E-state index in [9.17, 15) is 9.67 Å². The van der Waals surface area contributed by atoms with Gasteiger partial charge in [-0.2, -0.15) is 0 Å². The molecule has 3 N–H and O–H groups in total. The van der Waals surface area contributed by atoms with Crippen molar-refractivity contribution < 1.29 is 24.0 Å². The van der Waals surface area contributed by atoms with E-state index in [0.29, 0.717) is 16.7 Å². The molecule has 0 aliphatic heterocycles. The monoisotopic (exact) mass is 359 g/mol. The third kappa shape index (κ3) is 3.82. The topological polar surface area (TPSA) is 99.9 Å². The molecular formula is C18H18NO5P. The fourth-order valence-corrected chi connectivity index (χ4v) is 3.20. The highest BCUT2D eigenvalue weighted by Crippen LogP contribution is 2.46. The maximum atomic E-state index is 11.3. The fourth-order valence-electron chi connectivity index (χ4n) is 2.79. The second kappa shape index (κ2) is 6.48. The standard InChI is InChI=1S/C18H18NO5P/c1-11(2)18-16(20)8-13(9-17(18)24-25(21,22)23)14-7-12-5-3-4-6-15(12)19-10-14/h3-11,20H,1-2H3,(H2,21,22,23). The molecule has 1 heterocycles. The highest BCUT2D eigenvalue weighted by atomic mass is 31.2. The van der Waals surface area contributed by atoms with Crippen LogP contribution in [0.2, 0.25) is 0 Å². The molecule has 0 aliphatic rings. The van der Waals surface area contributed by atoms with Crippen molar-refractivity contribution in [1.29, 1.82) is 0 Å². The van der Waals surface area contributed by atoms with Gasteiger partial charge >= 0.3 is 7.82 Å². The largest absolute Gasteiger partial charge is 0.524 e. The van der Waals surface area contributed by atoms with Crippen LogP contribution in [-0.4, -0.2) is 19.9 Å². The first-order valence-electron chi connectivity index (χ1n) is 7.72. The van der Waals surface area contributed by atoms with Gasteiger partial charge in [0.2, 0.25) is 0 Å². The van der Waals surface area contributed by atoms with E-state index >= 15 is 0 Å². The third-order valence-corrected chi connectivity index (χ3v) is 4.27. The molecule has 2 aromatic carbocycles. The molecule has 130 valence electrons. The van der Waals surface area contributed by atoms with Crippen LogP contribution in [0, 0.1) is 0 Å². The molecule has 6 nitrogen and oxygen atoms in total. The van der Waals surface area contributed by atoms with E-state index in [-0.39, 0.29) is 17.4 Å². The Labute approximate surface area is 145 Å². The Kier molecular flexibility index (Phi) is 4.52. The fraction of sp³-hybridized carbons (Fsp3) is 0.167. The number of benzene rings is 2. The number of aromatic hydroxyl groups is 1. The number of fused-ring (bicyclic) bond motifs is 1. The zero-order valence-corrected chi connectivity index (χ0v) is 14.6. The number of phosphoric acid groups is 1. The minimum absolute atomic E-state index is 0.0357. The average molecular weight is 359 g/mol. The molecule has 0 radical (unpaired) electrons. The average Bonchev–Trinajstić information content (AvgIpc) is 2.52. The molecule has 7 heteroatoms. The van der Waals surface area contributed by atoms with Crippen molar-refractivity contribution in [3.8, 4) is 22.6 Å². The van der Waals surface area contributed by atoms with Gasteiger partial charge in [-0.15, -0.1) is 0 Å². The maximum absolute atomic E-state index is 11.3. The summed E-state index contributed by atoms with van der Waals surface area (Å²) < 4.78 is 16.1. The number of aromatic nitrogens is 1. The molecule has 3 aromatic rings. The first-order valence-corrected chi connectivity index (χ1v) is 9.25. The normalized spacial score (nSPS) is 11.9. The summed E-state index contributed by atoms with van der Waals surface area (Å²) in [5, 5.41) is 11.3. The second-order valence-corrected chi connectivity index (χ2v) is 7.22. The summed E-state index contributed by atoms with van der Waals surface area (Å²) in [4.78, 5) is 22.7. The number of phenolic OH excluding ortho intramolecular Hbond substituents is 1. The molecule has 0 amide bonds. The molecule has 0 spiro atoms. The lowest BCUT2D eigenvalue weighted by molar-refractivity contribution is 0.281. The summed E-state index contributed by atoms with van der Waals surface area (Å²) in [7, 11) is -4.75. The number of hydrogen-bond donors (Lipinski definition) is 3. The summed E-state index contributed by atoms with van der Waals surface area (Å²) in [5.41, 5.74) is 2.45. The first kappa shape index (κ1) is 17.4. The van der Waals surface area contributed by atoms with Crippen molar-refractivity contribution >= 4 is 18.7 Å². The quantitative estimate of drug-likeness (QED) is 0.604. The number of phenols is 1. The Bertz CT molecular complexity index is 980.